The van der Waals surface area contributed by atoms with Gasteiger partial charge in [0.2, 0.25) is 0 Å². The molecule has 2 unspecified atom stereocenters. The molecule has 0 aromatic heterocycles. The van der Waals surface area contributed by atoms with Crippen molar-refractivity contribution in [3.8, 4) is 0 Å². The number of carbonyl (C=O) groups excluding carboxylic acids is 2. The van der Waals surface area contributed by atoms with Crippen molar-refractivity contribution in [2.45, 2.75) is 206 Å². The van der Waals surface area contributed by atoms with Crippen molar-refractivity contribution < 1.29 is 38.2 Å². The molecule has 8 nitrogen and oxygen atoms in total. The first-order valence-electron chi connectivity index (χ1n) is 20.6. The van der Waals surface area contributed by atoms with Crippen LogP contribution in [0.4, 0.5) is 0 Å². The van der Waals surface area contributed by atoms with Gasteiger partial charge in [-0.05, 0) is 12.8 Å². The van der Waals surface area contributed by atoms with Crippen molar-refractivity contribution in [3.05, 3.63) is 0 Å². The number of nitrogens with zero attached hydrogens (tertiary/aromatic N) is 1. The van der Waals surface area contributed by atoms with Crippen LogP contribution < -0.4 is 0 Å². The molecule has 0 saturated heterocycles. The molecular weight excluding hydrogens is 618 g/mol. The van der Waals surface area contributed by atoms with Crippen LogP contribution in [0, 0.1) is 0 Å². The monoisotopic (exact) mass is 699 g/mol. The molecule has 0 heterocycles. The molecule has 49 heavy (non-hydrogen) atoms. The number of hydrogen-bond acceptors (Lipinski definition) is 6. The Hall–Kier alpha value is -1.67. The van der Waals surface area contributed by atoms with Gasteiger partial charge in [-0.2, -0.15) is 0 Å². The van der Waals surface area contributed by atoms with Crippen LogP contribution in [0.1, 0.15) is 194 Å². The normalized spacial score (nSPS) is 12.9. The zero-order valence-corrected chi connectivity index (χ0v) is 32.9. The lowest BCUT2D eigenvalue weighted by Crippen LogP contribution is -2.50. The lowest BCUT2D eigenvalue weighted by molar-refractivity contribution is -0.887. The summed E-state index contributed by atoms with van der Waals surface area (Å²) in [6, 6.07) is -0.605. The average molecular weight is 699 g/mol. The van der Waals surface area contributed by atoms with Crippen LogP contribution in [0.3, 0.4) is 0 Å². The average Bonchev–Trinajstić information content (AvgIpc) is 3.05. The first kappa shape index (κ1) is 47.3. The highest BCUT2D eigenvalue weighted by molar-refractivity contribution is 5.72. The Bertz CT molecular complexity index is 782. The van der Waals surface area contributed by atoms with Gasteiger partial charge in [0.1, 0.15) is 6.61 Å². The third-order valence-electron chi connectivity index (χ3n) is 9.51. The number of unbranched alkanes of at least 4 members (excludes halogenated alkanes) is 23. The van der Waals surface area contributed by atoms with Gasteiger partial charge >= 0.3 is 17.9 Å². The number of esters is 2. The largest absolute Gasteiger partial charge is 0.477 e. The topological polar surface area (TPSA) is 99.1 Å². The predicted molar refractivity (Wildman–Crippen MR) is 202 cm³/mol. The molecule has 0 aliphatic heterocycles. The molecule has 0 aliphatic carbocycles. The SMILES string of the molecule is CCCCCCCCCCCCCCCCCCCCCCCCCC(=O)OC(COCCC(C(=O)O)[N+](C)(C)C)COC(=O)CCCC. The number of ether oxygens (including phenoxy) is 3. The molecule has 1 N–H and O–H groups in total. The Balaban J connectivity index is 3.89. The van der Waals surface area contributed by atoms with E-state index in [9.17, 15) is 19.5 Å². The van der Waals surface area contributed by atoms with E-state index in [0.717, 1.165) is 32.1 Å². The molecule has 0 aromatic carbocycles. The van der Waals surface area contributed by atoms with Gasteiger partial charge in [-0.15, -0.1) is 0 Å². The maximum Gasteiger partial charge on any atom is 0.362 e. The van der Waals surface area contributed by atoms with Crippen molar-refractivity contribution in [2.75, 3.05) is 41.0 Å². The lowest BCUT2D eigenvalue weighted by atomic mass is 10.0. The quantitative estimate of drug-likeness (QED) is 0.0392. The molecule has 0 aliphatic rings. The molecule has 0 aromatic rings. The van der Waals surface area contributed by atoms with E-state index < -0.39 is 18.1 Å². The molecule has 0 fully saturated rings. The van der Waals surface area contributed by atoms with Crippen molar-refractivity contribution >= 4 is 17.9 Å². The summed E-state index contributed by atoms with van der Waals surface area (Å²) >= 11 is 0. The van der Waals surface area contributed by atoms with Crippen molar-refractivity contribution in [1.29, 1.82) is 0 Å². The summed E-state index contributed by atoms with van der Waals surface area (Å²) in [5.41, 5.74) is 0. The summed E-state index contributed by atoms with van der Waals surface area (Å²) in [6.07, 6.45) is 32.6. The minimum Gasteiger partial charge on any atom is -0.477 e. The first-order chi connectivity index (χ1) is 23.6. The van der Waals surface area contributed by atoms with Crippen molar-refractivity contribution in [1.82, 2.24) is 0 Å². The summed E-state index contributed by atoms with van der Waals surface area (Å²) in [4.78, 5) is 36.2. The van der Waals surface area contributed by atoms with Crippen LogP contribution in [-0.2, 0) is 28.6 Å². The van der Waals surface area contributed by atoms with Crippen LogP contribution >= 0.6 is 0 Å². The Labute approximate surface area is 302 Å². The number of quaternary nitrogens is 1. The zero-order valence-electron chi connectivity index (χ0n) is 32.9. The van der Waals surface area contributed by atoms with Gasteiger partial charge in [0.15, 0.2) is 12.1 Å². The van der Waals surface area contributed by atoms with Crippen LogP contribution in [-0.4, -0.2) is 80.6 Å². The van der Waals surface area contributed by atoms with Crippen molar-refractivity contribution in [3.63, 3.8) is 0 Å². The van der Waals surface area contributed by atoms with E-state index in [1.54, 1.807) is 0 Å². The molecule has 0 bridgehead atoms. The smallest absolute Gasteiger partial charge is 0.362 e. The van der Waals surface area contributed by atoms with Gasteiger partial charge in [0, 0.05) is 19.3 Å². The second-order valence-electron chi connectivity index (χ2n) is 15.3. The number of likely N-dealkylation sites (N-methyl/N-ethyl adjacent to an activating group) is 1. The number of carboxylic acids is 1. The standard InChI is InChI=1S/C41H79NO7/c1-6-8-10-11-12-13-14-15-16-17-18-19-20-21-22-23-24-25-26-27-28-29-30-32-40(44)49-37(36-48-39(43)31-9-7-2)35-47-34-33-38(41(45)46)42(3,4)5/h37-38H,6-36H2,1-5H3/p+1. The van der Waals surface area contributed by atoms with E-state index in [0.29, 0.717) is 19.3 Å². The third-order valence-corrected chi connectivity index (χ3v) is 9.51. The highest BCUT2D eigenvalue weighted by atomic mass is 16.6. The lowest BCUT2D eigenvalue weighted by Gasteiger charge is -2.31. The fourth-order valence-corrected chi connectivity index (χ4v) is 6.25. The van der Waals surface area contributed by atoms with Crippen LogP contribution in [0.2, 0.25) is 0 Å². The predicted octanol–water partition coefficient (Wildman–Crippen LogP) is 10.6. The number of carboxylic acid groups (broad SMARTS) is 1. The summed E-state index contributed by atoms with van der Waals surface area (Å²) in [6.45, 7) is 4.52. The van der Waals surface area contributed by atoms with Gasteiger partial charge in [-0.25, -0.2) is 4.79 Å². The molecular formula is C41H80NO7+. The minimum atomic E-state index is -0.876. The molecule has 0 radical (unpaired) electrons. The fourth-order valence-electron chi connectivity index (χ4n) is 6.25. The summed E-state index contributed by atoms with van der Waals surface area (Å²) in [5, 5.41) is 9.52. The van der Waals surface area contributed by atoms with E-state index in [4.69, 9.17) is 14.2 Å². The Kier molecular flexibility index (Phi) is 32.3. The number of hydrogen-bond donors (Lipinski definition) is 1. The van der Waals surface area contributed by atoms with Crippen LogP contribution in [0.25, 0.3) is 0 Å². The molecule has 0 rings (SSSR count). The van der Waals surface area contributed by atoms with Crippen molar-refractivity contribution in [2.24, 2.45) is 0 Å². The fraction of sp³-hybridized carbons (Fsp3) is 0.927. The summed E-state index contributed by atoms with van der Waals surface area (Å²) < 4.78 is 16.9. The van der Waals surface area contributed by atoms with Crippen LogP contribution in [0.15, 0.2) is 0 Å². The Morgan fingerprint density at radius 2 is 0.918 bits per heavy atom. The first-order valence-corrected chi connectivity index (χ1v) is 20.6. The van der Waals surface area contributed by atoms with E-state index in [1.807, 2.05) is 28.1 Å². The van der Waals surface area contributed by atoms with Gasteiger partial charge in [0.25, 0.3) is 0 Å². The molecule has 0 spiro atoms. The number of aliphatic carboxylic acids is 1. The van der Waals surface area contributed by atoms with Gasteiger partial charge < -0.3 is 23.8 Å². The zero-order chi connectivity index (χ0) is 36.4. The van der Waals surface area contributed by atoms with Gasteiger partial charge in [-0.3, -0.25) is 9.59 Å². The van der Waals surface area contributed by atoms with Gasteiger partial charge in [-0.1, -0.05) is 162 Å². The highest BCUT2D eigenvalue weighted by Crippen LogP contribution is 2.16. The maximum absolute atomic E-state index is 12.6. The summed E-state index contributed by atoms with van der Waals surface area (Å²) in [5.74, 6) is -1.50. The van der Waals surface area contributed by atoms with Crippen LogP contribution in [0.5, 0.6) is 0 Å². The van der Waals surface area contributed by atoms with E-state index >= 15 is 0 Å². The Morgan fingerprint density at radius 1 is 0.531 bits per heavy atom. The molecule has 0 saturated carbocycles. The third kappa shape index (κ3) is 32.0. The summed E-state index contributed by atoms with van der Waals surface area (Å²) in [7, 11) is 5.50. The van der Waals surface area contributed by atoms with Gasteiger partial charge in [0.05, 0.1) is 34.4 Å². The molecule has 8 heteroatoms. The van der Waals surface area contributed by atoms with E-state index in [1.165, 1.54) is 128 Å². The van der Waals surface area contributed by atoms with E-state index in [2.05, 4.69) is 6.92 Å². The minimum absolute atomic E-state index is 0.0502. The second-order valence-corrected chi connectivity index (χ2v) is 15.3. The number of rotatable bonds is 37. The number of carbonyl (C=O) groups is 3. The second kappa shape index (κ2) is 33.5. The highest BCUT2D eigenvalue weighted by Gasteiger charge is 2.31. The maximum atomic E-state index is 12.6. The van der Waals surface area contributed by atoms with E-state index in [-0.39, 0.29) is 36.2 Å². The molecule has 290 valence electrons. The Morgan fingerprint density at radius 3 is 1.31 bits per heavy atom. The molecule has 2 atom stereocenters. The molecule has 0 amide bonds.